The fraction of sp³-hybridized carbons (Fsp3) is 0.120. The number of benzene rings is 3. The summed E-state index contributed by atoms with van der Waals surface area (Å²) in [6.45, 7) is 2.42. The highest BCUT2D eigenvalue weighted by Gasteiger charge is 2.41. The minimum atomic E-state index is -0.661. The molecule has 0 radical (unpaired) electrons. The normalized spacial score (nSPS) is 13.5. The van der Waals surface area contributed by atoms with Crippen molar-refractivity contribution in [1.82, 2.24) is 0 Å². The van der Waals surface area contributed by atoms with Gasteiger partial charge in [-0.3, -0.25) is 9.59 Å². The molecule has 7 heteroatoms. The van der Waals surface area contributed by atoms with E-state index in [2.05, 4.69) is 5.32 Å². The highest BCUT2D eigenvalue weighted by Crippen LogP contribution is 2.35. The smallest absolute Gasteiger partial charge is 0.282 e. The summed E-state index contributed by atoms with van der Waals surface area (Å²) in [6, 6.07) is 19.4. The second-order valence-corrected chi connectivity index (χ2v) is 6.96. The Balaban J connectivity index is 1.77. The lowest BCUT2D eigenvalue weighted by molar-refractivity contribution is -0.120. The van der Waals surface area contributed by atoms with E-state index in [0.717, 1.165) is 4.90 Å². The Morgan fingerprint density at radius 2 is 1.53 bits per heavy atom. The van der Waals surface area contributed by atoms with Gasteiger partial charge in [0, 0.05) is 5.69 Å². The van der Waals surface area contributed by atoms with E-state index < -0.39 is 17.6 Å². The second-order valence-electron chi connectivity index (χ2n) is 6.96. The van der Waals surface area contributed by atoms with Crippen LogP contribution in [0.5, 0.6) is 11.5 Å². The van der Waals surface area contributed by atoms with Crippen molar-refractivity contribution in [1.29, 1.82) is 0 Å². The summed E-state index contributed by atoms with van der Waals surface area (Å²) in [5.41, 5.74) is 1.21. The summed E-state index contributed by atoms with van der Waals surface area (Å²) in [6.07, 6.45) is 0. The molecule has 1 aliphatic heterocycles. The average Bonchev–Trinajstić information content (AvgIpc) is 3.05. The molecular weight excluding hydrogens is 411 g/mol. The maximum atomic E-state index is 14.5. The number of carbonyl (C=O) groups is 2. The predicted molar refractivity (Wildman–Crippen MR) is 120 cm³/mol. The van der Waals surface area contributed by atoms with Crippen molar-refractivity contribution in [3.8, 4) is 11.5 Å². The van der Waals surface area contributed by atoms with Crippen LogP contribution in [0.3, 0.4) is 0 Å². The zero-order valence-electron chi connectivity index (χ0n) is 17.6. The summed E-state index contributed by atoms with van der Waals surface area (Å²) in [5, 5.41) is 3.05. The lowest BCUT2D eigenvalue weighted by Gasteiger charge is -2.16. The van der Waals surface area contributed by atoms with Gasteiger partial charge in [0.1, 0.15) is 23.0 Å². The van der Waals surface area contributed by atoms with Gasteiger partial charge >= 0.3 is 0 Å². The Morgan fingerprint density at radius 1 is 0.875 bits per heavy atom. The van der Waals surface area contributed by atoms with Crippen LogP contribution >= 0.6 is 0 Å². The standard InChI is InChI=1S/C25H21FN2O4/c1-3-32-19-14-10-17(11-15-19)27-23-22(16-8-12-18(31-2)13-9-16)24(29)28(25(23)30)21-7-5-4-6-20(21)26/h4-15,27H,3H2,1-2H3. The third-order valence-electron chi connectivity index (χ3n) is 4.99. The molecule has 4 rings (SSSR count). The molecule has 3 aromatic rings. The molecule has 1 heterocycles. The Hall–Kier alpha value is -4.13. The molecule has 0 saturated carbocycles. The fourth-order valence-electron chi connectivity index (χ4n) is 3.47. The van der Waals surface area contributed by atoms with Gasteiger partial charge in [-0.05, 0) is 61.0 Å². The molecule has 0 bridgehead atoms. The van der Waals surface area contributed by atoms with Gasteiger partial charge in [0.05, 0.1) is 25.0 Å². The number of ether oxygens (including phenoxy) is 2. The Kier molecular flexibility index (Phi) is 5.89. The third-order valence-corrected chi connectivity index (χ3v) is 4.99. The molecular formula is C25H21FN2O4. The molecule has 0 fully saturated rings. The first-order valence-corrected chi connectivity index (χ1v) is 10.1. The van der Waals surface area contributed by atoms with E-state index in [0.29, 0.717) is 29.4 Å². The molecule has 0 aromatic heterocycles. The molecule has 6 nitrogen and oxygen atoms in total. The monoisotopic (exact) mass is 432 g/mol. The van der Waals surface area contributed by atoms with Crippen molar-refractivity contribution in [2.45, 2.75) is 6.92 Å². The number of hydrogen-bond donors (Lipinski definition) is 1. The van der Waals surface area contributed by atoms with Crippen molar-refractivity contribution < 1.29 is 23.5 Å². The van der Waals surface area contributed by atoms with Crippen molar-refractivity contribution in [2.75, 3.05) is 23.9 Å². The fourth-order valence-corrected chi connectivity index (χ4v) is 3.47. The van der Waals surface area contributed by atoms with Crippen LogP contribution in [0, 0.1) is 5.82 Å². The summed E-state index contributed by atoms with van der Waals surface area (Å²) in [7, 11) is 1.54. The van der Waals surface area contributed by atoms with Crippen molar-refractivity contribution >= 4 is 28.8 Å². The molecule has 0 spiro atoms. The molecule has 3 aromatic carbocycles. The minimum Gasteiger partial charge on any atom is -0.497 e. The van der Waals surface area contributed by atoms with Crippen molar-refractivity contribution in [2.24, 2.45) is 0 Å². The molecule has 1 N–H and O–H groups in total. The number of amides is 2. The number of methoxy groups -OCH3 is 1. The Bertz CT molecular complexity index is 1190. The Labute approximate surface area is 184 Å². The van der Waals surface area contributed by atoms with Gasteiger partial charge in [0.2, 0.25) is 0 Å². The first kappa shape index (κ1) is 21.1. The molecule has 2 amide bonds. The average molecular weight is 432 g/mol. The van der Waals surface area contributed by atoms with Gasteiger partial charge in [-0.2, -0.15) is 0 Å². The minimum absolute atomic E-state index is 0.0626. The first-order valence-electron chi connectivity index (χ1n) is 10.1. The number of hydrogen-bond acceptors (Lipinski definition) is 5. The van der Waals surface area contributed by atoms with E-state index in [1.807, 2.05) is 6.92 Å². The summed E-state index contributed by atoms with van der Waals surface area (Å²) < 4.78 is 25.1. The van der Waals surface area contributed by atoms with Crippen molar-refractivity contribution in [3.63, 3.8) is 0 Å². The number of para-hydroxylation sites is 1. The number of nitrogens with one attached hydrogen (secondary N) is 1. The maximum Gasteiger partial charge on any atom is 0.282 e. The lowest BCUT2D eigenvalue weighted by Crippen LogP contribution is -2.33. The van der Waals surface area contributed by atoms with Gasteiger partial charge in [0.15, 0.2) is 0 Å². The number of halogens is 1. The number of imide groups is 1. The zero-order chi connectivity index (χ0) is 22.7. The number of anilines is 2. The van der Waals surface area contributed by atoms with Gasteiger partial charge in [-0.15, -0.1) is 0 Å². The maximum absolute atomic E-state index is 14.5. The number of carbonyl (C=O) groups excluding carboxylic acids is 2. The van der Waals surface area contributed by atoms with E-state index in [1.165, 1.54) is 25.3 Å². The third kappa shape index (κ3) is 3.92. The van der Waals surface area contributed by atoms with E-state index in [-0.39, 0.29) is 17.0 Å². The molecule has 0 unspecified atom stereocenters. The highest BCUT2D eigenvalue weighted by molar-refractivity contribution is 6.46. The predicted octanol–water partition coefficient (Wildman–Crippen LogP) is 4.63. The molecule has 0 atom stereocenters. The summed E-state index contributed by atoms with van der Waals surface area (Å²) in [5.74, 6) is -0.619. The summed E-state index contributed by atoms with van der Waals surface area (Å²) >= 11 is 0. The molecule has 32 heavy (non-hydrogen) atoms. The quantitative estimate of drug-likeness (QED) is 0.552. The SMILES string of the molecule is CCOc1ccc(NC2=C(c3ccc(OC)cc3)C(=O)N(c3ccccc3F)C2=O)cc1. The second kappa shape index (κ2) is 8.93. The van der Waals surface area contributed by atoms with Gasteiger partial charge in [-0.25, -0.2) is 9.29 Å². The van der Waals surface area contributed by atoms with E-state index >= 15 is 0 Å². The first-order chi connectivity index (χ1) is 15.5. The highest BCUT2D eigenvalue weighted by atomic mass is 19.1. The number of rotatable bonds is 7. The topological polar surface area (TPSA) is 67.9 Å². The Morgan fingerprint density at radius 3 is 2.16 bits per heavy atom. The molecule has 1 aliphatic rings. The van der Waals surface area contributed by atoms with Gasteiger partial charge in [-0.1, -0.05) is 24.3 Å². The summed E-state index contributed by atoms with van der Waals surface area (Å²) in [4.78, 5) is 27.5. The van der Waals surface area contributed by atoms with E-state index in [9.17, 15) is 14.0 Å². The van der Waals surface area contributed by atoms with Crippen LogP contribution in [-0.4, -0.2) is 25.5 Å². The van der Waals surface area contributed by atoms with Gasteiger partial charge in [0.25, 0.3) is 11.8 Å². The zero-order valence-corrected chi connectivity index (χ0v) is 17.6. The van der Waals surface area contributed by atoms with Crippen LogP contribution in [0.4, 0.5) is 15.8 Å². The largest absolute Gasteiger partial charge is 0.497 e. The van der Waals surface area contributed by atoms with Crippen LogP contribution in [0.2, 0.25) is 0 Å². The van der Waals surface area contributed by atoms with E-state index in [1.54, 1.807) is 54.6 Å². The molecule has 0 aliphatic carbocycles. The van der Waals surface area contributed by atoms with Crippen LogP contribution in [0.15, 0.2) is 78.5 Å². The molecule has 0 saturated heterocycles. The van der Waals surface area contributed by atoms with E-state index in [4.69, 9.17) is 9.47 Å². The van der Waals surface area contributed by atoms with Gasteiger partial charge < -0.3 is 14.8 Å². The van der Waals surface area contributed by atoms with Crippen LogP contribution in [0.25, 0.3) is 5.57 Å². The lowest BCUT2D eigenvalue weighted by atomic mass is 10.0. The van der Waals surface area contributed by atoms with Crippen LogP contribution < -0.4 is 19.7 Å². The van der Waals surface area contributed by atoms with Crippen LogP contribution in [0.1, 0.15) is 12.5 Å². The molecule has 162 valence electrons. The van der Waals surface area contributed by atoms with Crippen molar-refractivity contribution in [3.05, 3.63) is 89.9 Å². The van der Waals surface area contributed by atoms with Crippen LogP contribution in [-0.2, 0) is 9.59 Å². The number of nitrogens with zero attached hydrogens (tertiary/aromatic N) is 1.